The Labute approximate surface area is 123 Å². The van der Waals surface area contributed by atoms with Crippen LogP contribution in [0, 0.1) is 10.1 Å². The van der Waals surface area contributed by atoms with E-state index in [0.29, 0.717) is 18.5 Å². The molecule has 1 heterocycles. The van der Waals surface area contributed by atoms with Crippen molar-refractivity contribution in [1.29, 1.82) is 0 Å². The number of fused-ring (bicyclic) bond motifs is 1. The van der Waals surface area contributed by atoms with E-state index in [1.165, 1.54) is 6.07 Å². The van der Waals surface area contributed by atoms with Crippen molar-refractivity contribution in [1.82, 2.24) is 4.90 Å². The van der Waals surface area contributed by atoms with E-state index in [1.807, 2.05) is 6.92 Å². The van der Waals surface area contributed by atoms with Crippen LogP contribution in [0.25, 0.3) is 5.57 Å². The molecule has 0 amide bonds. The van der Waals surface area contributed by atoms with Gasteiger partial charge in [0, 0.05) is 17.7 Å². The second-order valence-corrected chi connectivity index (χ2v) is 5.84. The Morgan fingerprint density at radius 3 is 2.71 bits per heavy atom. The molecule has 0 saturated carbocycles. The lowest BCUT2D eigenvalue weighted by molar-refractivity contribution is -0.384. The average molecular weight is 286 g/mol. The van der Waals surface area contributed by atoms with E-state index in [4.69, 9.17) is 0 Å². The summed E-state index contributed by atoms with van der Waals surface area (Å²) in [6, 6.07) is 4.83. The van der Waals surface area contributed by atoms with E-state index in [0.717, 1.165) is 42.6 Å². The number of carbonyl (C=O) groups is 1. The van der Waals surface area contributed by atoms with E-state index >= 15 is 0 Å². The highest BCUT2D eigenvalue weighted by molar-refractivity contribution is 6.24. The van der Waals surface area contributed by atoms with Gasteiger partial charge in [0.05, 0.1) is 11.5 Å². The largest absolute Gasteiger partial charge is 0.296 e. The Kier molecular flexibility index (Phi) is 3.59. The van der Waals surface area contributed by atoms with Crippen molar-refractivity contribution in [2.24, 2.45) is 0 Å². The third-order valence-electron chi connectivity index (χ3n) is 4.30. The minimum absolute atomic E-state index is 0.0509. The van der Waals surface area contributed by atoms with Gasteiger partial charge in [-0.3, -0.25) is 19.8 Å². The number of nitrogens with zero attached hydrogens (tertiary/aromatic N) is 2. The second kappa shape index (κ2) is 5.41. The summed E-state index contributed by atoms with van der Waals surface area (Å²) in [6.07, 6.45) is 3.01. The molecule has 110 valence electrons. The topological polar surface area (TPSA) is 63.5 Å². The molecular weight excluding hydrogens is 268 g/mol. The van der Waals surface area contributed by atoms with Gasteiger partial charge >= 0.3 is 0 Å². The lowest BCUT2D eigenvalue weighted by Crippen LogP contribution is -2.27. The molecular formula is C16H18N2O3. The van der Waals surface area contributed by atoms with Crippen LogP contribution >= 0.6 is 0 Å². The molecule has 0 atom stereocenters. The molecule has 2 aliphatic rings. The van der Waals surface area contributed by atoms with Crippen molar-refractivity contribution >= 4 is 17.0 Å². The number of hydrogen-bond acceptors (Lipinski definition) is 4. The summed E-state index contributed by atoms with van der Waals surface area (Å²) in [5.41, 5.74) is 3.54. The van der Waals surface area contributed by atoms with E-state index in [-0.39, 0.29) is 11.5 Å². The fraction of sp³-hybridized carbons (Fsp3) is 0.438. The molecule has 5 heteroatoms. The predicted octanol–water partition coefficient (Wildman–Crippen LogP) is 2.59. The maximum atomic E-state index is 12.6. The van der Waals surface area contributed by atoms with Gasteiger partial charge in [-0.2, -0.15) is 0 Å². The molecule has 0 radical (unpaired) electrons. The average Bonchev–Trinajstić information content (AvgIpc) is 3.03. The Balaban J connectivity index is 1.89. The molecule has 1 aromatic carbocycles. The minimum atomic E-state index is -0.406. The summed E-state index contributed by atoms with van der Waals surface area (Å²) in [5.74, 6) is 0.0913. The molecule has 0 spiro atoms. The third-order valence-corrected chi connectivity index (χ3v) is 4.30. The number of Topliss-reactive ketones (excluding diaryl/α,β-unsaturated/α-hetero) is 1. The smallest absolute Gasteiger partial charge is 0.270 e. The first-order valence-corrected chi connectivity index (χ1v) is 7.29. The molecule has 5 nitrogen and oxygen atoms in total. The molecule has 1 saturated heterocycles. The Bertz CT molecular complexity index is 643. The zero-order valence-corrected chi connectivity index (χ0v) is 12.1. The van der Waals surface area contributed by atoms with Gasteiger partial charge in [0.1, 0.15) is 0 Å². The molecule has 1 aliphatic carbocycles. The molecule has 0 aromatic heterocycles. The normalized spacial score (nSPS) is 18.1. The van der Waals surface area contributed by atoms with Crippen molar-refractivity contribution in [3.8, 4) is 0 Å². The van der Waals surface area contributed by atoms with Crippen LogP contribution in [0.5, 0.6) is 0 Å². The number of non-ortho nitro benzene ring substituents is 1. The first-order chi connectivity index (χ1) is 10.1. The fourth-order valence-corrected chi connectivity index (χ4v) is 3.28. The zero-order valence-electron chi connectivity index (χ0n) is 12.1. The van der Waals surface area contributed by atoms with Gasteiger partial charge in [-0.25, -0.2) is 0 Å². The standard InChI is InChI=1S/C16H18N2O3/c1-11-8-12-4-5-13(18(20)21)9-14(12)16(11)15(19)10-17-6-2-3-7-17/h4-5,9H,2-3,6-8,10H2,1H3. The number of nitro benzene ring substituents is 1. The number of ketones is 1. The summed E-state index contributed by atoms with van der Waals surface area (Å²) in [5, 5.41) is 10.9. The van der Waals surface area contributed by atoms with Gasteiger partial charge in [0.15, 0.2) is 5.78 Å². The first kappa shape index (κ1) is 13.9. The first-order valence-electron chi connectivity index (χ1n) is 7.29. The SMILES string of the molecule is CC1=C(C(=O)CN2CCCC2)c2cc([N+](=O)[O-])ccc2C1. The number of likely N-dealkylation sites (tertiary alicyclic amines) is 1. The van der Waals surface area contributed by atoms with Crippen molar-refractivity contribution in [2.45, 2.75) is 26.2 Å². The van der Waals surface area contributed by atoms with Gasteiger partial charge in [0.2, 0.25) is 0 Å². The number of allylic oxidation sites excluding steroid dienone is 1. The van der Waals surface area contributed by atoms with E-state index in [1.54, 1.807) is 12.1 Å². The van der Waals surface area contributed by atoms with Crippen molar-refractivity contribution in [2.75, 3.05) is 19.6 Å². The highest BCUT2D eigenvalue weighted by Gasteiger charge is 2.27. The predicted molar refractivity (Wildman–Crippen MR) is 80.1 cm³/mol. The number of nitro groups is 1. The number of rotatable bonds is 4. The van der Waals surface area contributed by atoms with E-state index in [2.05, 4.69) is 4.90 Å². The van der Waals surface area contributed by atoms with Crippen LogP contribution in [0.15, 0.2) is 23.8 Å². The molecule has 3 rings (SSSR count). The summed E-state index contributed by atoms with van der Waals surface area (Å²) in [6.45, 7) is 4.32. The van der Waals surface area contributed by atoms with Gasteiger partial charge in [-0.05, 0) is 50.4 Å². The summed E-state index contributed by atoms with van der Waals surface area (Å²) in [4.78, 5) is 25.3. The molecule has 21 heavy (non-hydrogen) atoms. The van der Waals surface area contributed by atoms with Crippen LogP contribution in [0.4, 0.5) is 5.69 Å². The number of hydrogen-bond donors (Lipinski definition) is 0. The molecule has 0 unspecified atom stereocenters. The Morgan fingerprint density at radius 1 is 1.33 bits per heavy atom. The van der Waals surface area contributed by atoms with Crippen LogP contribution in [-0.2, 0) is 11.2 Å². The monoisotopic (exact) mass is 286 g/mol. The molecule has 1 aliphatic heterocycles. The summed E-state index contributed by atoms with van der Waals surface area (Å²) in [7, 11) is 0. The van der Waals surface area contributed by atoms with Gasteiger partial charge < -0.3 is 0 Å². The van der Waals surface area contributed by atoms with Crippen LogP contribution in [0.1, 0.15) is 30.9 Å². The molecule has 1 aromatic rings. The van der Waals surface area contributed by atoms with Gasteiger partial charge in [-0.15, -0.1) is 0 Å². The zero-order chi connectivity index (χ0) is 15.0. The number of benzene rings is 1. The number of carbonyl (C=O) groups excluding carboxylic acids is 1. The molecule has 0 bridgehead atoms. The lowest BCUT2D eigenvalue weighted by atomic mass is 10.0. The fourth-order valence-electron chi connectivity index (χ4n) is 3.28. The van der Waals surface area contributed by atoms with Crippen molar-refractivity contribution in [3.05, 3.63) is 45.0 Å². The molecule has 1 fully saturated rings. The van der Waals surface area contributed by atoms with Gasteiger partial charge in [0.25, 0.3) is 5.69 Å². The maximum Gasteiger partial charge on any atom is 0.270 e. The van der Waals surface area contributed by atoms with E-state index < -0.39 is 4.92 Å². The second-order valence-electron chi connectivity index (χ2n) is 5.84. The van der Waals surface area contributed by atoms with Crippen LogP contribution in [-0.4, -0.2) is 35.2 Å². The van der Waals surface area contributed by atoms with Gasteiger partial charge in [-0.1, -0.05) is 11.6 Å². The third kappa shape index (κ3) is 2.61. The lowest BCUT2D eigenvalue weighted by Gasteiger charge is -2.14. The van der Waals surface area contributed by atoms with E-state index in [9.17, 15) is 14.9 Å². The highest BCUT2D eigenvalue weighted by atomic mass is 16.6. The Hall–Kier alpha value is -2.01. The molecule has 0 N–H and O–H groups in total. The van der Waals surface area contributed by atoms with Crippen LogP contribution in [0.2, 0.25) is 0 Å². The summed E-state index contributed by atoms with van der Waals surface area (Å²) < 4.78 is 0. The Morgan fingerprint density at radius 2 is 2.05 bits per heavy atom. The minimum Gasteiger partial charge on any atom is -0.296 e. The quantitative estimate of drug-likeness (QED) is 0.630. The van der Waals surface area contributed by atoms with Crippen molar-refractivity contribution in [3.63, 3.8) is 0 Å². The summed E-state index contributed by atoms with van der Waals surface area (Å²) >= 11 is 0. The van der Waals surface area contributed by atoms with Crippen molar-refractivity contribution < 1.29 is 9.72 Å². The van der Waals surface area contributed by atoms with Crippen LogP contribution < -0.4 is 0 Å². The highest BCUT2D eigenvalue weighted by Crippen LogP contribution is 2.35. The van der Waals surface area contributed by atoms with Crippen LogP contribution in [0.3, 0.4) is 0 Å². The maximum absolute atomic E-state index is 12.6.